The highest BCUT2D eigenvalue weighted by Gasteiger charge is 2.29. The van der Waals surface area contributed by atoms with Gasteiger partial charge in [0, 0.05) is 5.92 Å². The Morgan fingerprint density at radius 3 is 2.33 bits per heavy atom. The first-order valence-electron chi connectivity index (χ1n) is 5.95. The van der Waals surface area contributed by atoms with E-state index in [1.54, 1.807) is 0 Å². The maximum Gasteiger partial charge on any atom is 0.314 e. The lowest BCUT2D eigenvalue weighted by atomic mass is 9.87. The second-order valence-electron chi connectivity index (χ2n) is 4.52. The molecule has 3 rings (SSSR count). The number of carbonyl (C=O) groups excluding carboxylic acids is 2. The van der Waals surface area contributed by atoms with Gasteiger partial charge in [-0.05, 0) is 16.3 Å². The second-order valence-corrected chi connectivity index (χ2v) is 4.52. The van der Waals surface area contributed by atoms with Gasteiger partial charge in [-0.2, -0.15) is 0 Å². The van der Waals surface area contributed by atoms with Crippen molar-refractivity contribution in [1.29, 1.82) is 0 Å². The van der Waals surface area contributed by atoms with Crippen LogP contribution < -0.4 is 0 Å². The Kier molecular flexibility index (Phi) is 2.59. The van der Waals surface area contributed by atoms with Crippen molar-refractivity contribution in [2.75, 3.05) is 0 Å². The summed E-state index contributed by atoms with van der Waals surface area (Å²) in [5, 5.41) is 2.23. The molecule has 0 aliphatic carbocycles. The van der Waals surface area contributed by atoms with Crippen LogP contribution in [0.15, 0.2) is 42.5 Å². The molecule has 0 N–H and O–H groups in total. The predicted molar refractivity (Wildman–Crippen MR) is 67.0 cm³/mol. The van der Waals surface area contributed by atoms with E-state index in [1.807, 2.05) is 42.5 Å². The first-order chi connectivity index (χ1) is 8.74. The summed E-state index contributed by atoms with van der Waals surface area (Å²) < 4.78 is 4.57. The topological polar surface area (TPSA) is 43.4 Å². The third kappa shape index (κ3) is 1.88. The van der Waals surface area contributed by atoms with Gasteiger partial charge in [0.15, 0.2) is 0 Å². The molecule has 1 fully saturated rings. The molecule has 0 saturated carbocycles. The molecule has 1 aliphatic heterocycles. The lowest BCUT2D eigenvalue weighted by Gasteiger charge is -2.21. The lowest BCUT2D eigenvalue weighted by Crippen LogP contribution is -2.24. The molecule has 1 heterocycles. The van der Waals surface area contributed by atoms with Crippen LogP contribution in [0.1, 0.15) is 24.3 Å². The molecule has 1 aliphatic rings. The van der Waals surface area contributed by atoms with Crippen LogP contribution in [0.25, 0.3) is 10.8 Å². The molecule has 18 heavy (non-hydrogen) atoms. The van der Waals surface area contributed by atoms with Crippen LogP contribution in [-0.4, -0.2) is 11.9 Å². The quantitative estimate of drug-likeness (QED) is 0.568. The first-order valence-corrected chi connectivity index (χ1v) is 5.95. The van der Waals surface area contributed by atoms with Crippen molar-refractivity contribution in [1.82, 2.24) is 0 Å². The van der Waals surface area contributed by atoms with Crippen LogP contribution in [0.5, 0.6) is 0 Å². The van der Waals surface area contributed by atoms with E-state index < -0.39 is 11.9 Å². The number of hydrogen-bond donors (Lipinski definition) is 0. The van der Waals surface area contributed by atoms with E-state index in [9.17, 15) is 9.59 Å². The molecule has 1 saturated heterocycles. The van der Waals surface area contributed by atoms with Crippen LogP contribution in [0.2, 0.25) is 0 Å². The molecule has 0 radical (unpaired) electrons. The molecule has 0 atom stereocenters. The van der Waals surface area contributed by atoms with Gasteiger partial charge in [-0.3, -0.25) is 9.59 Å². The number of benzene rings is 2. The highest BCUT2D eigenvalue weighted by Crippen LogP contribution is 2.33. The highest BCUT2D eigenvalue weighted by molar-refractivity contribution is 5.92. The Morgan fingerprint density at radius 1 is 0.889 bits per heavy atom. The van der Waals surface area contributed by atoms with Crippen molar-refractivity contribution in [2.45, 2.75) is 18.8 Å². The van der Waals surface area contributed by atoms with Gasteiger partial charge in [0.05, 0.1) is 12.8 Å². The molecule has 3 heteroatoms. The molecule has 2 aromatic carbocycles. The van der Waals surface area contributed by atoms with E-state index in [1.165, 1.54) is 0 Å². The van der Waals surface area contributed by atoms with E-state index in [2.05, 4.69) is 4.74 Å². The fraction of sp³-hybridized carbons (Fsp3) is 0.200. The van der Waals surface area contributed by atoms with Gasteiger partial charge in [-0.15, -0.1) is 0 Å². The maximum atomic E-state index is 11.4. The van der Waals surface area contributed by atoms with Gasteiger partial charge in [-0.25, -0.2) is 0 Å². The van der Waals surface area contributed by atoms with E-state index in [0.717, 1.165) is 16.3 Å². The number of carbonyl (C=O) groups is 2. The molecule has 0 spiro atoms. The fourth-order valence-electron chi connectivity index (χ4n) is 2.51. The van der Waals surface area contributed by atoms with Crippen LogP contribution in [-0.2, 0) is 14.3 Å². The van der Waals surface area contributed by atoms with E-state index in [0.29, 0.717) is 0 Å². The van der Waals surface area contributed by atoms with Gasteiger partial charge >= 0.3 is 11.9 Å². The second kappa shape index (κ2) is 4.26. The SMILES string of the molecule is O=C1CC(c2cccc3ccccc23)CC(=O)O1. The molecule has 0 aromatic heterocycles. The monoisotopic (exact) mass is 240 g/mol. The number of hydrogen-bond acceptors (Lipinski definition) is 3. The lowest BCUT2D eigenvalue weighted by molar-refractivity contribution is -0.163. The number of cyclic esters (lactones) is 2. The smallest absolute Gasteiger partial charge is 0.314 e. The zero-order valence-corrected chi connectivity index (χ0v) is 9.76. The minimum atomic E-state index is -0.427. The molecule has 0 amide bonds. The van der Waals surface area contributed by atoms with Gasteiger partial charge in [0.25, 0.3) is 0 Å². The Morgan fingerprint density at radius 2 is 1.56 bits per heavy atom. The molecular formula is C15H12O3. The zero-order valence-electron chi connectivity index (χ0n) is 9.76. The third-order valence-electron chi connectivity index (χ3n) is 3.32. The fourth-order valence-corrected chi connectivity index (χ4v) is 2.51. The van der Waals surface area contributed by atoms with Crippen molar-refractivity contribution in [3.63, 3.8) is 0 Å². The van der Waals surface area contributed by atoms with Gasteiger partial charge in [0.2, 0.25) is 0 Å². The molecular weight excluding hydrogens is 228 g/mol. The minimum Gasteiger partial charge on any atom is -0.393 e. The van der Waals surface area contributed by atoms with Crippen LogP contribution in [0, 0.1) is 0 Å². The Hall–Kier alpha value is -2.16. The average molecular weight is 240 g/mol. The van der Waals surface area contributed by atoms with Gasteiger partial charge in [-0.1, -0.05) is 42.5 Å². The minimum absolute atomic E-state index is 0.0650. The standard InChI is InChI=1S/C15H12O3/c16-14-8-11(9-15(17)18-14)13-7-3-5-10-4-1-2-6-12(10)13/h1-7,11H,8-9H2. The number of ether oxygens (including phenoxy) is 1. The third-order valence-corrected chi connectivity index (χ3v) is 3.32. The van der Waals surface area contributed by atoms with Gasteiger partial charge < -0.3 is 4.74 Å². The Balaban J connectivity index is 2.08. The van der Waals surface area contributed by atoms with Crippen molar-refractivity contribution < 1.29 is 14.3 Å². The largest absolute Gasteiger partial charge is 0.393 e. The van der Waals surface area contributed by atoms with Crippen molar-refractivity contribution in [3.05, 3.63) is 48.0 Å². The van der Waals surface area contributed by atoms with Crippen molar-refractivity contribution >= 4 is 22.7 Å². The Bertz CT molecular complexity index is 609. The molecule has 3 nitrogen and oxygen atoms in total. The summed E-state index contributed by atoms with van der Waals surface area (Å²) in [5.74, 6) is -0.918. The van der Waals surface area contributed by atoms with Gasteiger partial charge in [0.1, 0.15) is 0 Å². The zero-order chi connectivity index (χ0) is 12.5. The van der Waals surface area contributed by atoms with E-state index in [-0.39, 0.29) is 18.8 Å². The van der Waals surface area contributed by atoms with E-state index in [4.69, 9.17) is 0 Å². The summed E-state index contributed by atoms with van der Waals surface area (Å²) in [6.07, 6.45) is 0.555. The van der Waals surface area contributed by atoms with E-state index >= 15 is 0 Å². The van der Waals surface area contributed by atoms with Crippen molar-refractivity contribution in [2.24, 2.45) is 0 Å². The number of fused-ring (bicyclic) bond motifs is 1. The molecule has 0 bridgehead atoms. The Labute approximate surface area is 104 Å². The summed E-state index contributed by atoms with van der Waals surface area (Å²) in [6, 6.07) is 14.0. The maximum absolute atomic E-state index is 11.4. The highest BCUT2D eigenvalue weighted by atomic mass is 16.6. The molecule has 2 aromatic rings. The average Bonchev–Trinajstić information content (AvgIpc) is 2.37. The number of esters is 2. The summed E-state index contributed by atoms with van der Waals surface area (Å²) in [6.45, 7) is 0. The summed E-state index contributed by atoms with van der Waals surface area (Å²) in [4.78, 5) is 22.7. The summed E-state index contributed by atoms with van der Waals surface area (Å²) in [7, 11) is 0. The predicted octanol–water partition coefficient (Wildman–Crippen LogP) is 2.79. The number of rotatable bonds is 1. The van der Waals surface area contributed by atoms with Crippen molar-refractivity contribution in [3.8, 4) is 0 Å². The molecule has 90 valence electrons. The van der Waals surface area contributed by atoms with Crippen LogP contribution in [0.4, 0.5) is 0 Å². The van der Waals surface area contributed by atoms with Crippen LogP contribution >= 0.6 is 0 Å². The molecule has 0 unspecified atom stereocenters. The summed E-state index contributed by atoms with van der Waals surface area (Å²) >= 11 is 0. The normalized spacial score (nSPS) is 16.9. The first kappa shape index (κ1) is 11.0. The van der Waals surface area contributed by atoms with Crippen LogP contribution in [0.3, 0.4) is 0 Å². The summed E-state index contributed by atoms with van der Waals surface area (Å²) in [5.41, 5.74) is 1.05.